The summed E-state index contributed by atoms with van der Waals surface area (Å²) in [5.74, 6) is -6.55. The van der Waals surface area contributed by atoms with Crippen LogP contribution in [-0.2, 0) is 4.79 Å². The van der Waals surface area contributed by atoms with Crippen LogP contribution in [0.4, 0.5) is 26.3 Å². The lowest BCUT2D eigenvalue weighted by molar-refractivity contribution is -0.274. The fourth-order valence-corrected chi connectivity index (χ4v) is 0.916. The molecule has 0 bridgehead atoms. The first-order valence-corrected chi connectivity index (χ1v) is 4.19. The zero-order valence-corrected chi connectivity index (χ0v) is 8.14. The highest BCUT2D eigenvalue weighted by atomic mass is 19.4. The van der Waals surface area contributed by atoms with E-state index < -0.39 is 43.4 Å². The molecule has 102 valence electrons. The smallest absolute Gasteiger partial charge is 0.394 e. The van der Waals surface area contributed by atoms with Gasteiger partial charge in [0, 0.05) is 0 Å². The first-order valence-electron chi connectivity index (χ1n) is 4.19. The van der Waals surface area contributed by atoms with Gasteiger partial charge in [0.25, 0.3) is 0 Å². The molecule has 0 saturated heterocycles. The second-order valence-electron chi connectivity index (χ2n) is 3.09. The highest BCUT2D eigenvalue weighted by Crippen LogP contribution is 2.39. The van der Waals surface area contributed by atoms with Gasteiger partial charge in [-0.2, -0.15) is 26.3 Å². The van der Waals surface area contributed by atoms with Gasteiger partial charge >= 0.3 is 12.4 Å². The van der Waals surface area contributed by atoms with Crippen LogP contribution < -0.4 is 5.32 Å². The molecule has 17 heavy (non-hydrogen) atoms. The summed E-state index contributed by atoms with van der Waals surface area (Å²) in [6.45, 7) is -1.96. The van der Waals surface area contributed by atoms with Crippen molar-refractivity contribution in [3.8, 4) is 0 Å². The number of carbonyl (C=O) groups excluding carboxylic acids is 1. The van der Waals surface area contributed by atoms with Gasteiger partial charge in [0.05, 0.1) is 19.3 Å². The van der Waals surface area contributed by atoms with Crippen molar-refractivity contribution in [2.45, 2.75) is 18.4 Å². The quantitative estimate of drug-likeness (QED) is 0.638. The van der Waals surface area contributed by atoms with Crippen molar-refractivity contribution in [2.24, 2.45) is 5.92 Å². The maximum Gasteiger partial charge on any atom is 0.409 e. The van der Waals surface area contributed by atoms with Gasteiger partial charge in [-0.05, 0) is 0 Å². The van der Waals surface area contributed by atoms with Crippen molar-refractivity contribution in [1.29, 1.82) is 0 Å². The molecule has 0 aliphatic heterocycles. The summed E-state index contributed by atoms with van der Waals surface area (Å²) in [6, 6.07) is -1.57. The number of amides is 1. The van der Waals surface area contributed by atoms with Crippen molar-refractivity contribution >= 4 is 5.91 Å². The lowest BCUT2D eigenvalue weighted by atomic mass is 10.1. The third-order valence-electron chi connectivity index (χ3n) is 1.70. The van der Waals surface area contributed by atoms with Crippen LogP contribution in [0.1, 0.15) is 0 Å². The summed E-state index contributed by atoms with van der Waals surface area (Å²) in [6.07, 6.45) is -11.6. The van der Waals surface area contributed by atoms with Gasteiger partial charge < -0.3 is 15.5 Å². The Balaban J connectivity index is 4.91. The lowest BCUT2D eigenvalue weighted by Gasteiger charge is -2.24. The standard InChI is InChI=1S/C7H9F6NO3/c8-6(9,10)4(7(11,12)13)5(17)14-3(1-15)2-16/h3-4,15-16H,1-2H2,(H,14,17). The molecule has 1 amide bonds. The van der Waals surface area contributed by atoms with Crippen molar-refractivity contribution in [3.63, 3.8) is 0 Å². The Kier molecular flexibility index (Phi) is 5.20. The number of hydrogen-bond donors (Lipinski definition) is 3. The first-order chi connectivity index (χ1) is 7.54. The number of alkyl halides is 6. The summed E-state index contributed by atoms with van der Waals surface area (Å²) in [7, 11) is 0. The van der Waals surface area contributed by atoms with Gasteiger partial charge in [0.2, 0.25) is 11.8 Å². The Morgan fingerprint density at radius 2 is 1.35 bits per heavy atom. The number of aliphatic hydroxyl groups is 2. The molecular formula is C7H9F6NO3. The van der Waals surface area contributed by atoms with Crippen molar-refractivity contribution < 1.29 is 41.4 Å². The van der Waals surface area contributed by atoms with Crippen molar-refractivity contribution in [2.75, 3.05) is 13.2 Å². The van der Waals surface area contributed by atoms with E-state index in [0.29, 0.717) is 0 Å². The minimum absolute atomic E-state index is 0.981. The third kappa shape index (κ3) is 4.77. The summed E-state index contributed by atoms with van der Waals surface area (Å²) < 4.78 is 72.1. The number of carbonyl (C=O) groups is 1. The summed E-state index contributed by atoms with van der Waals surface area (Å²) >= 11 is 0. The molecule has 0 aliphatic rings. The van der Waals surface area contributed by atoms with Crippen LogP contribution in [0.25, 0.3) is 0 Å². The molecule has 0 radical (unpaired) electrons. The molecular weight excluding hydrogens is 260 g/mol. The molecule has 0 spiro atoms. The van der Waals surface area contributed by atoms with Gasteiger partial charge in [0.15, 0.2) is 0 Å². The Bertz CT molecular complexity index is 245. The molecule has 0 rings (SSSR count). The highest BCUT2D eigenvalue weighted by molar-refractivity contribution is 5.80. The molecule has 3 N–H and O–H groups in total. The van der Waals surface area contributed by atoms with Gasteiger partial charge in [-0.25, -0.2) is 0 Å². The molecule has 0 saturated carbocycles. The fourth-order valence-electron chi connectivity index (χ4n) is 0.916. The number of hydrogen-bond acceptors (Lipinski definition) is 3. The maximum atomic E-state index is 12.0. The Morgan fingerprint density at radius 3 is 1.59 bits per heavy atom. The topological polar surface area (TPSA) is 69.6 Å². The van der Waals surface area contributed by atoms with E-state index in [1.54, 1.807) is 0 Å². The predicted octanol–water partition coefficient (Wildman–Crippen LogP) is 0.197. The average molecular weight is 269 g/mol. The van der Waals surface area contributed by atoms with E-state index in [-0.39, 0.29) is 0 Å². The van der Waals surface area contributed by atoms with Crippen LogP contribution in [0, 0.1) is 5.92 Å². The van der Waals surface area contributed by atoms with Gasteiger partial charge in [-0.3, -0.25) is 4.79 Å². The second kappa shape index (κ2) is 5.54. The predicted molar refractivity (Wildman–Crippen MR) is 41.7 cm³/mol. The van der Waals surface area contributed by atoms with E-state index in [0.717, 1.165) is 0 Å². The molecule has 0 heterocycles. The number of nitrogens with one attached hydrogen (secondary N) is 1. The van der Waals surface area contributed by atoms with E-state index in [1.165, 1.54) is 5.32 Å². The fraction of sp³-hybridized carbons (Fsp3) is 0.857. The Hall–Kier alpha value is -1.03. The second-order valence-corrected chi connectivity index (χ2v) is 3.09. The molecule has 0 atom stereocenters. The molecule has 0 unspecified atom stereocenters. The van der Waals surface area contributed by atoms with Crippen LogP contribution in [0.15, 0.2) is 0 Å². The molecule has 0 aromatic heterocycles. The van der Waals surface area contributed by atoms with Crippen LogP contribution in [0.3, 0.4) is 0 Å². The minimum atomic E-state index is -5.79. The zero-order chi connectivity index (χ0) is 13.9. The summed E-state index contributed by atoms with van der Waals surface area (Å²) in [5.41, 5.74) is 0. The van der Waals surface area contributed by atoms with E-state index in [9.17, 15) is 31.1 Å². The monoisotopic (exact) mass is 269 g/mol. The average Bonchev–Trinajstić information content (AvgIpc) is 2.09. The Labute approximate surface area is 91.2 Å². The van der Waals surface area contributed by atoms with E-state index in [1.807, 2.05) is 0 Å². The van der Waals surface area contributed by atoms with E-state index in [2.05, 4.69) is 0 Å². The number of aliphatic hydroxyl groups excluding tert-OH is 2. The Morgan fingerprint density at radius 1 is 1.00 bits per heavy atom. The lowest BCUT2D eigenvalue weighted by Crippen LogP contribution is -2.52. The summed E-state index contributed by atoms with van der Waals surface area (Å²) in [4.78, 5) is 10.8. The van der Waals surface area contributed by atoms with Crippen molar-refractivity contribution in [3.05, 3.63) is 0 Å². The molecule has 0 fully saturated rings. The maximum absolute atomic E-state index is 12.0. The SMILES string of the molecule is O=C(NC(CO)CO)C(C(F)(F)F)C(F)(F)F. The molecule has 4 nitrogen and oxygen atoms in total. The van der Waals surface area contributed by atoms with Crippen LogP contribution in [-0.4, -0.2) is 47.7 Å². The van der Waals surface area contributed by atoms with Gasteiger partial charge in [0.1, 0.15) is 0 Å². The zero-order valence-electron chi connectivity index (χ0n) is 8.14. The largest absolute Gasteiger partial charge is 0.409 e. The highest BCUT2D eigenvalue weighted by Gasteiger charge is 2.61. The van der Waals surface area contributed by atoms with Gasteiger partial charge in [-0.15, -0.1) is 0 Å². The van der Waals surface area contributed by atoms with Gasteiger partial charge in [-0.1, -0.05) is 0 Å². The molecule has 0 aromatic carbocycles. The molecule has 0 aliphatic carbocycles. The van der Waals surface area contributed by atoms with E-state index in [4.69, 9.17) is 10.2 Å². The third-order valence-corrected chi connectivity index (χ3v) is 1.70. The number of halogens is 6. The van der Waals surface area contributed by atoms with Crippen LogP contribution >= 0.6 is 0 Å². The minimum Gasteiger partial charge on any atom is -0.394 e. The first kappa shape index (κ1) is 16.0. The van der Waals surface area contributed by atoms with E-state index >= 15 is 0 Å². The number of rotatable bonds is 4. The molecule has 10 heteroatoms. The van der Waals surface area contributed by atoms with Crippen LogP contribution in [0.5, 0.6) is 0 Å². The normalized spacial score (nSPS) is 13.3. The molecule has 0 aromatic rings. The van der Waals surface area contributed by atoms with Crippen molar-refractivity contribution in [1.82, 2.24) is 5.32 Å². The van der Waals surface area contributed by atoms with Crippen LogP contribution in [0.2, 0.25) is 0 Å². The summed E-state index contributed by atoms with van der Waals surface area (Å²) in [5, 5.41) is 18.1.